The van der Waals surface area contributed by atoms with E-state index in [1.54, 1.807) is 18.4 Å². The smallest absolute Gasteiger partial charge is 0.222 e. The van der Waals surface area contributed by atoms with Crippen LogP contribution in [-0.2, 0) is 11.3 Å². The molecule has 2 aliphatic rings. The van der Waals surface area contributed by atoms with E-state index in [0.717, 1.165) is 10.6 Å². The van der Waals surface area contributed by atoms with Gasteiger partial charge in [-0.25, -0.2) is 0 Å². The average Bonchev–Trinajstić information content (AvgIpc) is 3.32. The number of primary amides is 1. The SMILES string of the molecule is COc1ccc(N2C(=S)N(Cc3cccs3)[C@H]3[C@@H](O)[C@H](O)C[C@@H](C(N)=O)[C@H]32)cc1. The molecule has 5 atom stereocenters. The normalized spacial score (nSPS) is 29.1. The van der Waals surface area contributed by atoms with E-state index in [1.807, 2.05) is 51.6 Å². The lowest BCUT2D eigenvalue weighted by molar-refractivity contribution is -0.129. The Morgan fingerprint density at radius 1 is 1.28 bits per heavy atom. The van der Waals surface area contributed by atoms with Gasteiger partial charge in [0.15, 0.2) is 5.11 Å². The van der Waals surface area contributed by atoms with E-state index >= 15 is 0 Å². The molecule has 2 heterocycles. The van der Waals surface area contributed by atoms with Crippen LogP contribution in [0.3, 0.4) is 0 Å². The molecule has 1 amide bonds. The maximum Gasteiger partial charge on any atom is 0.222 e. The van der Waals surface area contributed by atoms with Crippen molar-refractivity contribution in [2.75, 3.05) is 12.0 Å². The molecule has 9 heteroatoms. The number of aliphatic hydroxyl groups excluding tert-OH is 2. The fraction of sp³-hybridized carbons (Fsp3) is 0.400. The van der Waals surface area contributed by atoms with Crippen LogP contribution in [0.1, 0.15) is 11.3 Å². The lowest BCUT2D eigenvalue weighted by Crippen LogP contribution is -2.60. The topological polar surface area (TPSA) is 99.3 Å². The summed E-state index contributed by atoms with van der Waals surface area (Å²) >= 11 is 7.39. The van der Waals surface area contributed by atoms with Gasteiger partial charge in [-0.3, -0.25) is 4.79 Å². The molecule has 4 rings (SSSR count). The van der Waals surface area contributed by atoms with Crippen molar-refractivity contribution in [2.24, 2.45) is 11.7 Å². The fourth-order valence-corrected chi connectivity index (χ4v) is 5.47. The van der Waals surface area contributed by atoms with Crippen LogP contribution in [0.4, 0.5) is 5.69 Å². The third-order valence-corrected chi connectivity index (χ3v) is 7.03. The van der Waals surface area contributed by atoms with Crippen molar-refractivity contribution in [1.82, 2.24) is 4.90 Å². The first-order valence-corrected chi connectivity index (χ1v) is 10.6. The third kappa shape index (κ3) is 3.48. The quantitative estimate of drug-likeness (QED) is 0.612. The lowest BCUT2D eigenvalue weighted by Gasteiger charge is -2.42. The third-order valence-electron chi connectivity index (χ3n) is 5.73. The second-order valence-electron chi connectivity index (χ2n) is 7.34. The van der Waals surface area contributed by atoms with Gasteiger partial charge in [0.1, 0.15) is 11.9 Å². The summed E-state index contributed by atoms with van der Waals surface area (Å²) in [7, 11) is 1.59. The van der Waals surface area contributed by atoms with Crippen molar-refractivity contribution in [3.8, 4) is 5.75 Å². The number of rotatable bonds is 5. The highest BCUT2D eigenvalue weighted by atomic mass is 32.1. The minimum absolute atomic E-state index is 0.0970. The molecule has 2 fully saturated rings. The van der Waals surface area contributed by atoms with Crippen LogP contribution in [0, 0.1) is 5.92 Å². The van der Waals surface area contributed by atoms with Crippen molar-refractivity contribution in [3.05, 3.63) is 46.7 Å². The predicted octanol–water partition coefficient (Wildman–Crippen LogP) is 1.33. The first kappa shape index (κ1) is 20.1. The molecule has 0 radical (unpaired) electrons. The minimum atomic E-state index is -1.04. The summed E-state index contributed by atoms with van der Waals surface area (Å²) in [6.45, 7) is 0.486. The van der Waals surface area contributed by atoms with Gasteiger partial charge in [-0.1, -0.05) is 6.07 Å². The van der Waals surface area contributed by atoms with Gasteiger partial charge >= 0.3 is 0 Å². The summed E-state index contributed by atoms with van der Waals surface area (Å²) in [5.74, 6) is -0.451. The zero-order valence-electron chi connectivity index (χ0n) is 15.8. The molecule has 1 saturated carbocycles. The van der Waals surface area contributed by atoms with E-state index in [-0.39, 0.29) is 6.42 Å². The Balaban J connectivity index is 1.78. The number of benzene rings is 1. The molecule has 1 aliphatic carbocycles. The zero-order valence-corrected chi connectivity index (χ0v) is 17.5. The van der Waals surface area contributed by atoms with E-state index in [9.17, 15) is 15.0 Å². The van der Waals surface area contributed by atoms with E-state index in [2.05, 4.69) is 0 Å². The Morgan fingerprint density at radius 3 is 2.59 bits per heavy atom. The summed E-state index contributed by atoms with van der Waals surface area (Å²) in [4.78, 5) is 17.1. The highest BCUT2D eigenvalue weighted by Gasteiger charge is 2.56. The summed E-state index contributed by atoms with van der Waals surface area (Å²) in [6, 6.07) is 10.3. The number of carbonyl (C=O) groups excluding carboxylic acids is 1. The number of fused-ring (bicyclic) bond motifs is 1. The first-order chi connectivity index (χ1) is 13.9. The van der Waals surface area contributed by atoms with Crippen LogP contribution < -0.4 is 15.4 Å². The molecule has 29 heavy (non-hydrogen) atoms. The molecular formula is C20H23N3O4S2. The second kappa shape index (κ2) is 7.91. The van der Waals surface area contributed by atoms with E-state index in [4.69, 9.17) is 22.7 Å². The number of thiophene rings is 1. The number of thiocarbonyl (C=S) groups is 1. The number of hydrogen-bond acceptors (Lipinski definition) is 6. The Labute approximate surface area is 178 Å². The number of hydrogen-bond donors (Lipinski definition) is 3. The highest BCUT2D eigenvalue weighted by molar-refractivity contribution is 7.80. The number of anilines is 1. The molecule has 4 N–H and O–H groups in total. The Morgan fingerprint density at radius 2 is 2.00 bits per heavy atom. The molecule has 2 aromatic rings. The van der Waals surface area contributed by atoms with Gasteiger partial charge in [-0.15, -0.1) is 11.3 Å². The minimum Gasteiger partial charge on any atom is -0.497 e. The monoisotopic (exact) mass is 433 g/mol. The van der Waals surface area contributed by atoms with E-state index in [0.29, 0.717) is 17.4 Å². The van der Waals surface area contributed by atoms with Crippen molar-refractivity contribution in [3.63, 3.8) is 0 Å². The molecule has 0 bridgehead atoms. The Bertz CT molecular complexity index is 890. The molecule has 0 spiro atoms. The highest BCUT2D eigenvalue weighted by Crippen LogP contribution is 2.42. The Hall–Kier alpha value is -2.20. The van der Waals surface area contributed by atoms with Crippen LogP contribution in [0.5, 0.6) is 5.75 Å². The predicted molar refractivity (Wildman–Crippen MR) is 115 cm³/mol. The fourth-order valence-electron chi connectivity index (χ4n) is 4.35. The molecule has 0 unspecified atom stereocenters. The molecular weight excluding hydrogens is 410 g/mol. The second-order valence-corrected chi connectivity index (χ2v) is 8.74. The van der Waals surface area contributed by atoms with Crippen molar-refractivity contribution < 1.29 is 19.7 Å². The van der Waals surface area contributed by atoms with Gasteiger partial charge in [-0.2, -0.15) is 0 Å². The van der Waals surface area contributed by atoms with Crippen molar-refractivity contribution >= 4 is 40.3 Å². The lowest BCUT2D eigenvalue weighted by atomic mass is 9.77. The van der Waals surface area contributed by atoms with Gasteiger partial charge in [0.05, 0.1) is 37.8 Å². The molecule has 1 aromatic heterocycles. The largest absolute Gasteiger partial charge is 0.497 e. The maximum absolute atomic E-state index is 12.3. The molecule has 1 aromatic carbocycles. The van der Waals surface area contributed by atoms with Gasteiger partial charge in [0, 0.05) is 10.6 Å². The summed E-state index contributed by atoms with van der Waals surface area (Å²) in [5.41, 5.74) is 6.49. The number of ether oxygens (including phenoxy) is 1. The van der Waals surface area contributed by atoms with Crippen LogP contribution in [0.25, 0.3) is 0 Å². The number of nitrogens with two attached hydrogens (primary N) is 1. The maximum atomic E-state index is 12.3. The number of nitrogens with zero attached hydrogens (tertiary/aromatic N) is 2. The molecule has 1 aliphatic heterocycles. The number of amides is 1. The molecule has 7 nitrogen and oxygen atoms in total. The average molecular weight is 434 g/mol. The zero-order chi connectivity index (χ0) is 20.7. The number of carbonyl (C=O) groups is 1. The summed E-state index contributed by atoms with van der Waals surface area (Å²) < 4.78 is 5.24. The van der Waals surface area contributed by atoms with Crippen molar-refractivity contribution in [2.45, 2.75) is 37.3 Å². The van der Waals surface area contributed by atoms with Gasteiger partial charge < -0.3 is 30.5 Å². The van der Waals surface area contributed by atoms with Crippen LogP contribution in [-0.4, -0.2) is 57.5 Å². The van der Waals surface area contributed by atoms with Gasteiger partial charge in [0.2, 0.25) is 5.91 Å². The molecule has 154 valence electrons. The van der Waals surface area contributed by atoms with Gasteiger partial charge in [0.25, 0.3) is 0 Å². The summed E-state index contributed by atoms with van der Waals surface area (Å²) in [6.07, 6.45) is -1.99. The van der Waals surface area contributed by atoms with Crippen LogP contribution in [0.15, 0.2) is 41.8 Å². The van der Waals surface area contributed by atoms with E-state index < -0.39 is 36.1 Å². The molecule has 1 saturated heterocycles. The Kier molecular flexibility index (Phi) is 5.48. The first-order valence-electron chi connectivity index (χ1n) is 9.34. The summed E-state index contributed by atoms with van der Waals surface area (Å²) in [5, 5.41) is 23.8. The standard InChI is InChI=1S/C20H23N3O4S2/c1-27-12-6-4-11(5-7-12)23-16-14(19(21)26)9-15(24)18(25)17(16)22(20(23)28)10-13-3-2-8-29-13/h2-8,14-18,24-25H,9-10H2,1H3,(H2,21,26)/t14-,15-,16-,17-,18+/m1/s1. The van der Waals surface area contributed by atoms with Crippen LogP contribution in [0.2, 0.25) is 0 Å². The van der Waals surface area contributed by atoms with Gasteiger partial charge in [-0.05, 0) is 54.4 Å². The number of methoxy groups -OCH3 is 1. The van der Waals surface area contributed by atoms with Crippen molar-refractivity contribution in [1.29, 1.82) is 0 Å². The van der Waals surface area contributed by atoms with E-state index in [1.165, 1.54) is 0 Å². The van der Waals surface area contributed by atoms with Crippen LogP contribution >= 0.6 is 23.6 Å². The number of aliphatic hydroxyl groups is 2.